The summed E-state index contributed by atoms with van der Waals surface area (Å²) in [6.07, 6.45) is 0. The van der Waals surface area contributed by atoms with Gasteiger partial charge in [0.25, 0.3) is 0 Å². The van der Waals surface area contributed by atoms with Crippen LogP contribution >= 0.6 is 0 Å². The summed E-state index contributed by atoms with van der Waals surface area (Å²) in [5, 5.41) is 31.1. The highest BCUT2D eigenvalue weighted by atomic mass is 16.4. The molecule has 0 saturated heterocycles. The van der Waals surface area contributed by atoms with Crippen molar-refractivity contribution in [2.75, 3.05) is 0 Å². The smallest absolute Gasteiger partial charge is 0.128 e. The number of oxime groups is 1. The van der Waals surface area contributed by atoms with Crippen molar-refractivity contribution in [2.45, 2.75) is 33.1 Å². The van der Waals surface area contributed by atoms with Gasteiger partial charge >= 0.3 is 0 Å². The second-order valence-corrected chi connectivity index (χ2v) is 4.82. The van der Waals surface area contributed by atoms with Crippen LogP contribution < -0.4 is 0 Å². The van der Waals surface area contributed by atoms with E-state index in [1.165, 1.54) is 6.07 Å². The lowest BCUT2D eigenvalue weighted by Gasteiger charge is -2.21. The molecule has 4 nitrogen and oxygen atoms in total. The Bertz CT molecular complexity index is 431. The third kappa shape index (κ3) is 2.27. The molecule has 0 fully saturated rings. The molecule has 16 heavy (non-hydrogen) atoms. The molecule has 0 aromatic heterocycles. The Balaban J connectivity index is 3.45. The summed E-state index contributed by atoms with van der Waals surface area (Å²) in [7, 11) is 0. The summed E-state index contributed by atoms with van der Waals surface area (Å²) in [5.41, 5.74) is 1.18. The highest BCUT2D eigenvalue weighted by Gasteiger charge is 2.21. The molecule has 3 N–H and O–H groups in total. The molecule has 0 heterocycles. The van der Waals surface area contributed by atoms with Crippen LogP contribution in [-0.4, -0.2) is 21.1 Å². The Hall–Kier alpha value is -1.71. The lowest BCUT2D eigenvalue weighted by molar-refractivity contribution is 0.318. The fourth-order valence-corrected chi connectivity index (χ4v) is 1.52. The van der Waals surface area contributed by atoms with Gasteiger partial charge in [-0.2, -0.15) is 0 Å². The fourth-order valence-electron chi connectivity index (χ4n) is 1.52. The van der Waals surface area contributed by atoms with E-state index < -0.39 is 0 Å². The molecule has 0 spiro atoms. The zero-order valence-corrected chi connectivity index (χ0v) is 9.94. The Morgan fingerprint density at radius 3 is 2.12 bits per heavy atom. The monoisotopic (exact) mass is 223 g/mol. The van der Waals surface area contributed by atoms with Crippen molar-refractivity contribution in [3.63, 3.8) is 0 Å². The van der Waals surface area contributed by atoms with Gasteiger partial charge in [0.05, 0.1) is 5.71 Å². The Labute approximate surface area is 94.9 Å². The number of aromatic hydroxyl groups is 2. The van der Waals surface area contributed by atoms with Crippen molar-refractivity contribution in [2.24, 2.45) is 5.16 Å². The SMILES string of the molecule is CC(=NO)c1cc(C(C)(C)C)c(O)cc1O. The highest BCUT2D eigenvalue weighted by Crippen LogP contribution is 2.35. The standard InChI is InChI=1S/C12H17NO3/c1-7(13-16)8-5-9(12(2,3)4)11(15)6-10(8)14/h5-6,14-16H,1-4H3. The molecule has 0 atom stereocenters. The quantitative estimate of drug-likeness (QED) is 0.389. The topological polar surface area (TPSA) is 73.1 Å². The van der Waals surface area contributed by atoms with Gasteiger partial charge in [-0.05, 0) is 18.4 Å². The van der Waals surface area contributed by atoms with Crippen LogP contribution in [-0.2, 0) is 5.41 Å². The maximum absolute atomic E-state index is 9.74. The van der Waals surface area contributed by atoms with Gasteiger partial charge in [0, 0.05) is 17.2 Å². The first-order chi connectivity index (χ1) is 7.27. The van der Waals surface area contributed by atoms with Crippen LogP contribution in [0.5, 0.6) is 11.5 Å². The van der Waals surface area contributed by atoms with Gasteiger partial charge in [0.15, 0.2) is 0 Å². The third-order valence-corrected chi connectivity index (χ3v) is 2.46. The number of hydrogen-bond donors (Lipinski definition) is 3. The molecular weight excluding hydrogens is 206 g/mol. The molecule has 1 aromatic carbocycles. The van der Waals surface area contributed by atoms with Gasteiger partial charge in [-0.1, -0.05) is 25.9 Å². The summed E-state index contributed by atoms with van der Waals surface area (Å²) in [6.45, 7) is 7.44. The fraction of sp³-hybridized carbons (Fsp3) is 0.417. The molecule has 0 aliphatic carbocycles. The number of benzene rings is 1. The molecule has 0 bridgehead atoms. The van der Waals surface area contributed by atoms with Gasteiger partial charge in [-0.15, -0.1) is 0 Å². The Morgan fingerprint density at radius 1 is 1.12 bits per heavy atom. The maximum atomic E-state index is 9.74. The van der Waals surface area contributed by atoms with Crippen LogP contribution in [0.25, 0.3) is 0 Å². The van der Waals surface area contributed by atoms with Crippen molar-refractivity contribution in [1.29, 1.82) is 0 Å². The summed E-state index contributed by atoms with van der Waals surface area (Å²) in [5.74, 6) is -0.0553. The van der Waals surface area contributed by atoms with E-state index in [4.69, 9.17) is 5.21 Å². The van der Waals surface area contributed by atoms with Crippen molar-refractivity contribution in [3.05, 3.63) is 23.3 Å². The van der Waals surface area contributed by atoms with E-state index in [0.717, 1.165) is 0 Å². The van der Waals surface area contributed by atoms with E-state index >= 15 is 0 Å². The molecular formula is C12H17NO3. The van der Waals surface area contributed by atoms with E-state index in [-0.39, 0.29) is 16.9 Å². The second-order valence-electron chi connectivity index (χ2n) is 4.82. The number of nitrogens with zero attached hydrogens (tertiary/aromatic N) is 1. The van der Waals surface area contributed by atoms with Crippen LogP contribution in [0.2, 0.25) is 0 Å². The molecule has 0 aliphatic heterocycles. The maximum Gasteiger partial charge on any atom is 0.128 e. The number of hydrogen-bond acceptors (Lipinski definition) is 4. The molecule has 0 amide bonds. The molecule has 1 aromatic rings. The van der Waals surface area contributed by atoms with Gasteiger partial charge in [0.1, 0.15) is 11.5 Å². The molecule has 0 radical (unpaired) electrons. The minimum Gasteiger partial charge on any atom is -0.508 e. The van der Waals surface area contributed by atoms with Crippen molar-refractivity contribution >= 4 is 5.71 Å². The average Bonchev–Trinajstić information content (AvgIpc) is 2.14. The van der Waals surface area contributed by atoms with Crippen molar-refractivity contribution in [3.8, 4) is 11.5 Å². The molecule has 0 aliphatic rings. The number of phenols is 2. The van der Waals surface area contributed by atoms with E-state index in [1.807, 2.05) is 20.8 Å². The summed E-state index contributed by atoms with van der Waals surface area (Å²) in [6, 6.07) is 2.91. The zero-order valence-electron chi connectivity index (χ0n) is 9.94. The summed E-state index contributed by atoms with van der Waals surface area (Å²) >= 11 is 0. The van der Waals surface area contributed by atoms with Crippen LogP contribution in [0.15, 0.2) is 17.3 Å². The number of phenolic OH excluding ortho intramolecular Hbond substituents is 2. The summed E-state index contributed by atoms with van der Waals surface area (Å²) < 4.78 is 0. The predicted molar refractivity (Wildman–Crippen MR) is 62.5 cm³/mol. The van der Waals surface area contributed by atoms with Crippen LogP contribution in [0.3, 0.4) is 0 Å². The largest absolute Gasteiger partial charge is 0.508 e. The normalized spacial score (nSPS) is 12.9. The van der Waals surface area contributed by atoms with E-state index in [9.17, 15) is 10.2 Å². The van der Waals surface area contributed by atoms with Crippen molar-refractivity contribution in [1.82, 2.24) is 0 Å². The average molecular weight is 223 g/mol. The Kier molecular flexibility index (Phi) is 3.12. The van der Waals surface area contributed by atoms with E-state index in [2.05, 4.69) is 5.16 Å². The third-order valence-electron chi connectivity index (χ3n) is 2.46. The van der Waals surface area contributed by atoms with Gasteiger partial charge in [-0.3, -0.25) is 0 Å². The first-order valence-electron chi connectivity index (χ1n) is 5.03. The minimum absolute atomic E-state index is 0.0412. The second kappa shape index (κ2) is 4.04. The highest BCUT2D eigenvalue weighted by molar-refractivity contribution is 6.01. The Morgan fingerprint density at radius 2 is 1.69 bits per heavy atom. The van der Waals surface area contributed by atoms with Gasteiger partial charge in [0.2, 0.25) is 0 Å². The van der Waals surface area contributed by atoms with Crippen LogP contribution in [0, 0.1) is 0 Å². The lowest BCUT2D eigenvalue weighted by atomic mass is 9.85. The first kappa shape index (κ1) is 12.4. The van der Waals surface area contributed by atoms with Crippen LogP contribution in [0.1, 0.15) is 38.8 Å². The zero-order chi connectivity index (χ0) is 12.5. The van der Waals surface area contributed by atoms with Gasteiger partial charge < -0.3 is 15.4 Å². The molecule has 1 rings (SSSR count). The minimum atomic E-state index is -0.248. The molecule has 0 unspecified atom stereocenters. The number of rotatable bonds is 1. The van der Waals surface area contributed by atoms with Gasteiger partial charge in [-0.25, -0.2) is 0 Å². The van der Waals surface area contributed by atoms with Crippen molar-refractivity contribution < 1.29 is 15.4 Å². The lowest BCUT2D eigenvalue weighted by Crippen LogP contribution is -2.12. The summed E-state index contributed by atoms with van der Waals surface area (Å²) in [4.78, 5) is 0. The molecule has 0 saturated carbocycles. The first-order valence-corrected chi connectivity index (χ1v) is 5.03. The van der Waals surface area contributed by atoms with Crippen LogP contribution in [0.4, 0.5) is 0 Å². The predicted octanol–water partition coefficient (Wildman–Crippen LogP) is 2.59. The van der Waals surface area contributed by atoms with E-state index in [0.29, 0.717) is 16.8 Å². The van der Waals surface area contributed by atoms with E-state index in [1.54, 1.807) is 13.0 Å². The molecule has 88 valence electrons. The molecule has 4 heteroatoms.